The van der Waals surface area contributed by atoms with Crippen LogP contribution in [-0.2, 0) is 0 Å². The molecule has 1 N–H and O–H groups in total. The molecule has 2 rings (SSSR count). The van der Waals surface area contributed by atoms with E-state index in [4.69, 9.17) is 5.26 Å². The first-order valence-corrected chi connectivity index (χ1v) is 5.67. The maximum atomic E-state index is 8.48. The molecule has 0 amide bonds. The summed E-state index contributed by atoms with van der Waals surface area (Å²) in [5.74, 6) is 0.322. The molecule has 0 aliphatic heterocycles. The summed E-state index contributed by atoms with van der Waals surface area (Å²) in [7, 11) is 0. The molecule has 0 aliphatic carbocycles. The molecule has 0 bridgehead atoms. The van der Waals surface area contributed by atoms with Crippen molar-refractivity contribution in [2.75, 3.05) is 5.32 Å². The second-order valence-electron chi connectivity index (χ2n) is 4.28. The molecule has 1 aromatic carbocycles. The first-order chi connectivity index (χ1) is 8.61. The Balaban J connectivity index is 2.43. The third-order valence-corrected chi connectivity index (χ3v) is 2.97. The van der Waals surface area contributed by atoms with Gasteiger partial charge in [-0.15, -0.1) is 0 Å². The van der Waals surface area contributed by atoms with Gasteiger partial charge in [0.25, 0.3) is 0 Å². The normalized spacial score (nSPS) is 9.89. The summed E-state index contributed by atoms with van der Waals surface area (Å²) in [5.41, 5.74) is 5.80. The molecule has 4 heteroatoms. The highest BCUT2D eigenvalue weighted by Crippen LogP contribution is 2.25. The van der Waals surface area contributed by atoms with Crippen molar-refractivity contribution in [2.24, 2.45) is 0 Å². The van der Waals surface area contributed by atoms with Gasteiger partial charge < -0.3 is 0 Å². The first-order valence-electron chi connectivity index (χ1n) is 5.67. The minimum Gasteiger partial charge on any atom is -0.261 e. The van der Waals surface area contributed by atoms with Gasteiger partial charge in [0, 0.05) is 18.0 Å². The van der Waals surface area contributed by atoms with E-state index in [2.05, 4.69) is 48.2 Å². The van der Waals surface area contributed by atoms with E-state index >= 15 is 0 Å². The Kier molecular flexibility index (Phi) is 3.24. The van der Waals surface area contributed by atoms with Crippen molar-refractivity contribution in [1.82, 2.24) is 9.97 Å². The molecule has 0 aliphatic rings. The van der Waals surface area contributed by atoms with Crippen LogP contribution in [-0.4, -0.2) is 9.97 Å². The summed E-state index contributed by atoms with van der Waals surface area (Å²) in [6.45, 7) is 6.26. The van der Waals surface area contributed by atoms with Crippen LogP contribution in [0.1, 0.15) is 16.7 Å². The van der Waals surface area contributed by atoms with Crippen LogP contribution < -0.4 is 5.32 Å². The average molecular weight is 238 g/mol. The minimum absolute atomic E-state index is 0.322. The van der Waals surface area contributed by atoms with Crippen molar-refractivity contribution in [3.63, 3.8) is 0 Å². The van der Waals surface area contributed by atoms with Gasteiger partial charge in [-0.1, -0.05) is 12.1 Å². The van der Waals surface area contributed by atoms with Crippen molar-refractivity contribution < 1.29 is 0 Å². The van der Waals surface area contributed by atoms with Gasteiger partial charge in [0.05, 0.1) is 0 Å². The number of hydrogen-bond donors (Lipinski definition) is 1. The summed E-state index contributed by atoms with van der Waals surface area (Å²) in [6.07, 6.45) is 5.25. The van der Waals surface area contributed by atoms with E-state index in [0.29, 0.717) is 5.95 Å². The molecule has 4 nitrogen and oxygen atoms in total. The van der Waals surface area contributed by atoms with Crippen LogP contribution >= 0.6 is 0 Å². The lowest BCUT2D eigenvalue weighted by Gasteiger charge is -2.09. The summed E-state index contributed by atoms with van der Waals surface area (Å²) in [6, 6.07) is 4.30. The van der Waals surface area contributed by atoms with E-state index < -0.39 is 0 Å². The van der Waals surface area contributed by atoms with Gasteiger partial charge in [-0.2, -0.15) is 5.26 Å². The summed E-state index contributed by atoms with van der Waals surface area (Å²) < 4.78 is 0. The Bertz CT molecular complexity index is 609. The van der Waals surface area contributed by atoms with E-state index in [-0.39, 0.29) is 0 Å². The fourth-order valence-corrected chi connectivity index (χ4v) is 1.85. The monoisotopic (exact) mass is 238 g/mol. The zero-order chi connectivity index (χ0) is 13.1. The van der Waals surface area contributed by atoms with E-state index in [1.54, 1.807) is 18.6 Å². The third kappa shape index (κ3) is 2.30. The van der Waals surface area contributed by atoms with Gasteiger partial charge in [0.15, 0.2) is 6.19 Å². The summed E-state index contributed by atoms with van der Waals surface area (Å²) in [5, 5.41) is 10.9. The lowest BCUT2D eigenvalue weighted by atomic mass is 9.97. The van der Waals surface area contributed by atoms with Crippen LogP contribution in [0.4, 0.5) is 5.95 Å². The zero-order valence-corrected chi connectivity index (χ0v) is 10.7. The molecule has 2 aromatic rings. The number of hydrogen-bond acceptors (Lipinski definition) is 4. The summed E-state index contributed by atoms with van der Waals surface area (Å²) in [4.78, 5) is 8.19. The maximum Gasteiger partial charge on any atom is 0.236 e. The van der Waals surface area contributed by atoms with Crippen LogP contribution in [0, 0.1) is 32.2 Å². The third-order valence-electron chi connectivity index (χ3n) is 2.97. The number of nitrogens with zero attached hydrogens (tertiary/aromatic N) is 3. The van der Waals surface area contributed by atoms with E-state index in [9.17, 15) is 0 Å². The standard InChI is InChI=1S/C14H14N4/c1-9-4-11(3)13(5-10(9)2)12-6-16-14(17-7-12)18-8-15/h4-7H,1-3H3,(H,16,17,18). The van der Waals surface area contributed by atoms with Crippen LogP contribution in [0.25, 0.3) is 11.1 Å². The van der Waals surface area contributed by atoms with Crippen LogP contribution in [0.15, 0.2) is 24.5 Å². The number of nitriles is 1. The number of aryl methyl sites for hydroxylation is 3. The van der Waals surface area contributed by atoms with Crippen LogP contribution in [0.3, 0.4) is 0 Å². The second kappa shape index (κ2) is 4.84. The smallest absolute Gasteiger partial charge is 0.236 e. The maximum absolute atomic E-state index is 8.48. The highest BCUT2D eigenvalue weighted by Gasteiger charge is 2.05. The molecule has 0 unspecified atom stereocenters. The topological polar surface area (TPSA) is 61.6 Å². The molecule has 0 saturated heterocycles. The van der Waals surface area contributed by atoms with Gasteiger partial charge in [0.2, 0.25) is 5.95 Å². The largest absolute Gasteiger partial charge is 0.261 e. The first kappa shape index (κ1) is 12.1. The Hall–Kier alpha value is -2.41. The Morgan fingerprint density at radius 3 is 2.22 bits per heavy atom. The predicted octanol–water partition coefficient (Wildman–Crippen LogP) is 2.96. The molecule has 0 radical (unpaired) electrons. The number of rotatable bonds is 2. The average Bonchev–Trinajstić information content (AvgIpc) is 2.35. The molecular weight excluding hydrogens is 224 g/mol. The van der Waals surface area contributed by atoms with Crippen molar-refractivity contribution in [1.29, 1.82) is 5.26 Å². The second-order valence-corrected chi connectivity index (χ2v) is 4.28. The zero-order valence-electron chi connectivity index (χ0n) is 10.7. The predicted molar refractivity (Wildman–Crippen MR) is 70.9 cm³/mol. The Labute approximate surface area is 106 Å². The fourth-order valence-electron chi connectivity index (χ4n) is 1.85. The molecule has 0 spiro atoms. The Morgan fingerprint density at radius 1 is 1.00 bits per heavy atom. The number of nitrogens with one attached hydrogen (secondary N) is 1. The summed E-state index contributed by atoms with van der Waals surface area (Å²) >= 11 is 0. The molecule has 1 aromatic heterocycles. The quantitative estimate of drug-likeness (QED) is 0.645. The lowest BCUT2D eigenvalue weighted by Crippen LogP contribution is -1.96. The molecule has 90 valence electrons. The van der Waals surface area contributed by atoms with Crippen LogP contribution in [0.2, 0.25) is 0 Å². The number of aromatic nitrogens is 2. The molecule has 18 heavy (non-hydrogen) atoms. The van der Waals surface area contributed by atoms with Gasteiger partial charge >= 0.3 is 0 Å². The van der Waals surface area contributed by atoms with Crippen LogP contribution in [0.5, 0.6) is 0 Å². The molecule has 0 fully saturated rings. The van der Waals surface area contributed by atoms with Gasteiger partial charge in [0.1, 0.15) is 0 Å². The Morgan fingerprint density at radius 2 is 1.61 bits per heavy atom. The molecule has 0 saturated carbocycles. The molecular formula is C14H14N4. The lowest BCUT2D eigenvalue weighted by molar-refractivity contribution is 1.16. The van der Waals surface area contributed by atoms with Gasteiger partial charge in [-0.3, -0.25) is 5.32 Å². The van der Waals surface area contributed by atoms with E-state index in [0.717, 1.165) is 11.1 Å². The van der Waals surface area contributed by atoms with Gasteiger partial charge in [-0.05, 0) is 43.0 Å². The van der Waals surface area contributed by atoms with E-state index in [1.165, 1.54) is 16.7 Å². The molecule has 0 atom stereocenters. The fraction of sp³-hybridized carbons (Fsp3) is 0.214. The van der Waals surface area contributed by atoms with Crippen molar-refractivity contribution in [3.8, 4) is 17.3 Å². The minimum atomic E-state index is 0.322. The SMILES string of the molecule is Cc1cc(C)c(-c2cnc(NC#N)nc2)cc1C. The van der Waals surface area contributed by atoms with Crippen molar-refractivity contribution in [2.45, 2.75) is 20.8 Å². The highest BCUT2D eigenvalue weighted by molar-refractivity contribution is 5.67. The van der Waals surface area contributed by atoms with Crippen molar-refractivity contribution >= 4 is 5.95 Å². The highest BCUT2D eigenvalue weighted by atomic mass is 15.1. The van der Waals surface area contributed by atoms with Gasteiger partial charge in [-0.25, -0.2) is 9.97 Å². The van der Waals surface area contributed by atoms with E-state index in [1.807, 2.05) is 0 Å². The number of benzene rings is 1. The molecule has 1 heterocycles. The number of anilines is 1. The van der Waals surface area contributed by atoms with Crippen molar-refractivity contribution in [3.05, 3.63) is 41.2 Å².